The largest absolute Gasteiger partial charge is 0.497 e. The van der Waals surface area contributed by atoms with Crippen LogP contribution in [-0.4, -0.2) is 35.1 Å². The Morgan fingerprint density at radius 1 is 1.00 bits per heavy atom. The summed E-state index contributed by atoms with van der Waals surface area (Å²) in [6.45, 7) is 2.22. The fourth-order valence-corrected chi connectivity index (χ4v) is 4.59. The van der Waals surface area contributed by atoms with Crippen LogP contribution < -0.4 is 9.64 Å². The molecule has 0 unspecified atom stereocenters. The molecule has 5 rings (SSSR count). The van der Waals surface area contributed by atoms with E-state index in [0.717, 1.165) is 22.2 Å². The lowest BCUT2D eigenvalue weighted by Gasteiger charge is -2.38. The quantitative estimate of drug-likeness (QED) is 0.319. The summed E-state index contributed by atoms with van der Waals surface area (Å²) in [5, 5.41) is 0. The van der Waals surface area contributed by atoms with E-state index in [1.54, 1.807) is 18.9 Å². The summed E-state index contributed by atoms with van der Waals surface area (Å²) in [6, 6.07) is 24.2. The number of esters is 1. The third-order valence-electron chi connectivity index (χ3n) is 6.10. The summed E-state index contributed by atoms with van der Waals surface area (Å²) < 4.78 is 12.8. The first kappa shape index (κ1) is 21.7. The van der Waals surface area contributed by atoms with Crippen LogP contribution in [0.25, 0.3) is 11.0 Å². The number of amides is 1. The van der Waals surface area contributed by atoms with Gasteiger partial charge in [-0.25, -0.2) is 4.98 Å². The fourth-order valence-electron chi connectivity index (χ4n) is 4.59. The molecule has 0 fully saturated rings. The smallest absolute Gasteiger partial charge is 0.321 e. The maximum absolute atomic E-state index is 14.0. The minimum absolute atomic E-state index is 0.184. The molecule has 172 valence electrons. The topological polar surface area (TPSA) is 73.7 Å². The summed E-state index contributed by atoms with van der Waals surface area (Å²) in [7, 11) is 1.59. The lowest BCUT2D eigenvalue weighted by Crippen LogP contribution is -2.49. The second-order valence-corrected chi connectivity index (χ2v) is 8.13. The maximum atomic E-state index is 14.0. The van der Waals surface area contributed by atoms with Crippen LogP contribution in [0.1, 0.15) is 24.1 Å². The number of nitrogens with zero attached hydrogens (tertiary/aromatic N) is 3. The van der Waals surface area contributed by atoms with Crippen molar-refractivity contribution in [2.45, 2.75) is 19.5 Å². The minimum Gasteiger partial charge on any atom is -0.497 e. The zero-order chi connectivity index (χ0) is 23.7. The Bertz CT molecular complexity index is 1350. The van der Waals surface area contributed by atoms with Gasteiger partial charge in [0.15, 0.2) is 5.92 Å². The van der Waals surface area contributed by atoms with Gasteiger partial charge in [-0.3, -0.25) is 14.5 Å². The summed E-state index contributed by atoms with van der Waals surface area (Å²) in [5.74, 6) is -0.811. The van der Waals surface area contributed by atoms with Crippen LogP contribution in [0.3, 0.4) is 0 Å². The van der Waals surface area contributed by atoms with Crippen molar-refractivity contribution >= 4 is 28.9 Å². The Morgan fingerprint density at radius 3 is 2.53 bits per heavy atom. The number of hydrogen-bond acceptors (Lipinski definition) is 5. The fraction of sp³-hybridized carbons (Fsp3) is 0.222. The molecule has 2 atom stereocenters. The van der Waals surface area contributed by atoms with E-state index in [2.05, 4.69) is 0 Å². The predicted octanol–water partition coefficient (Wildman–Crippen LogP) is 4.36. The molecule has 34 heavy (non-hydrogen) atoms. The number of methoxy groups -OCH3 is 1. The predicted molar refractivity (Wildman–Crippen MR) is 129 cm³/mol. The molecule has 4 aromatic rings. The van der Waals surface area contributed by atoms with Gasteiger partial charge in [-0.1, -0.05) is 54.6 Å². The molecule has 7 nitrogen and oxygen atoms in total. The van der Waals surface area contributed by atoms with Crippen LogP contribution in [0.15, 0.2) is 78.9 Å². The molecular weight excluding hydrogens is 430 g/mol. The number of aromatic nitrogens is 2. The molecule has 0 spiro atoms. The molecule has 0 aliphatic carbocycles. The van der Waals surface area contributed by atoms with Crippen LogP contribution in [0.2, 0.25) is 0 Å². The van der Waals surface area contributed by atoms with E-state index >= 15 is 0 Å². The van der Waals surface area contributed by atoms with Crippen molar-refractivity contribution in [2.75, 3.05) is 18.6 Å². The van der Waals surface area contributed by atoms with Gasteiger partial charge in [-0.2, -0.15) is 0 Å². The Kier molecular flexibility index (Phi) is 5.76. The van der Waals surface area contributed by atoms with E-state index in [4.69, 9.17) is 14.5 Å². The third kappa shape index (κ3) is 3.69. The molecule has 1 amide bonds. The number of carbonyl (C=O) groups is 2. The highest BCUT2D eigenvalue weighted by atomic mass is 16.5. The van der Waals surface area contributed by atoms with Gasteiger partial charge in [0.05, 0.1) is 37.3 Å². The third-order valence-corrected chi connectivity index (χ3v) is 6.10. The highest BCUT2D eigenvalue weighted by molar-refractivity contribution is 6.08. The van der Waals surface area contributed by atoms with E-state index in [9.17, 15) is 9.59 Å². The highest BCUT2D eigenvalue weighted by Gasteiger charge is 2.47. The summed E-state index contributed by atoms with van der Waals surface area (Å²) in [5.41, 5.74) is 3.30. The number of carbonyl (C=O) groups excluding carboxylic acids is 2. The summed E-state index contributed by atoms with van der Waals surface area (Å²) in [4.78, 5) is 33.7. The van der Waals surface area contributed by atoms with E-state index in [1.807, 2.05) is 83.4 Å². The van der Waals surface area contributed by atoms with Crippen molar-refractivity contribution in [3.8, 4) is 5.75 Å². The van der Waals surface area contributed by atoms with E-state index in [0.29, 0.717) is 18.2 Å². The monoisotopic (exact) mass is 455 g/mol. The van der Waals surface area contributed by atoms with Gasteiger partial charge in [0.1, 0.15) is 5.75 Å². The molecule has 0 bridgehead atoms. The van der Waals surface area contributed by atoms with E-state index in [-0.39, 0.29) is 12.5 Å². The maximum Gasteiger partial charge on any atom is 0.321 e. The number of anilines is 1. The highest BCUT2D eigenvalue weighted by Crippen LogP contribution is 2.42. The van der Waals surface area contributed by atoms with Gasteiger partial charge in [0, 0.05) is 0 Å². The molecule has 1 aliphatic rings. The van der Waals surface area contributed by atoms with Gasteiger partial charge in [-0.15, -0.1) is 0 Å². The lowest BCUT2D eigenvalue weighted by molar-refractivity contribution is -0.153. The molecule has 3 aromatic carbocycles. The van der Waals surface area contributed by atoms with Gasteiger partial charge < -0.3 is 14.0 Å². The zero-order valence-corrected chi connectivity index (χ0v) is 19.0. The van der Waals surface area contributed by atoms with Crippen molar-refractivity contribution in [1.82, 2.24) is 9.55 Å². The Labute approximate surface area is 197 Å². The molecule has 7 heteroatoms. The van der Waals surface area contributed by atoms with Crippen molar-refractivity contribution in [1.29, 1.82) is 0 Å². The average Bonchev–Trinajstić information content (AvgIpc) is 3.25. The summed E-state index contributed by atoms with van der Waals surface area (Å²) >= 11 is 0. The number of benzene rings is 3. The van der Waals surface area contributed by atoms with Crippen LogP contribution in [-0.2, 0) is 20.9 Å². The molecular formula is C27H25N3O4. The van der Waals surface area contributed by atoms with Crippen LogP contribution in [0.5, 0.6) is 5.75 Å². The number of imidazole rings is 1. The first-order valence-electron chi connectivity index (χ1n) is 11.2. The number of fused-ring (bicyclic) bond motifs is 3. The van der Waals surface area contributed by atoms with Crippen molar-refractivity contribution < 1.29 is 19.1 Å². The summed E-state index contributed by atoms with van der Waals surface area (Å²) in [6.07, 6.45) is 0. The Balaban J connectivity index is 1.75. The Morgan fingerprint density at radius 2 is 1.76 bits per heavy atom. The lowest BCUT2D eigenvalue weighted by atomic mass is 9.89. The number of ether oxygens (including phenoxy) is 2. The van der Waals surface area contributed by atoms with E-state index < -0.39 is 17.9 Å². The van der Waals surface area contributed by atoms with Gasteiger partial charge >= 0.3 is 5.97 Å². The second kappa shape index (κ2) is 9.02. The molecule has 2 heterocycles. The average molecular weight is 456 g/mol. The number of para-hydroxylation sites is 2. The minimum atomic E-state index is -1.07. The Hall–Kier alpha value is -4.13. The number of hydrogen-bond donors (Lipinski definition) is 0. The molecule has 0 radical (unpaired) electrons. The standard InChI is InChI=1S/C27H25N3O4/c1-3-34-26(32)23-24(19-12-9-13-20(16-19)33-2)30-22-15-8-7-14-21(22)28-27(30)29(25(23)31)17-18-10-5-4-6-11-18/h4-16,23-24H,3,17H2,1-2H3/t23-,24+/m1/s1. The van der Waals surface area contributed by atoms with Gasteiger partial charge in [-0.05, 0) is 42.3 Å². The van der Waals surface area contributed by atoms with Crippen LogP contribution in [0.4, 0.5) is 5.95 Å². The SMILES string of the molecule is CCOC(=O)[C@H]1C(=O)N(Cc2ccccc2)c2nc3ccccc3n2[C@H]1c1cccc(OC)c1. The van der Waals surface area contributed by atoms with E-state index in [1.165, 1.54) is 0 Å². The molecule has 1 aromatic heterocycles. The van der Waals surface area contributed by atoms with Crippen LogP contribution in [0, 0.1) is 5.92 Å². The second-order valence-electron chi connectivity index (χ2n) is 8.13. The normalized spacial score (nSPS) is 17.5. The van der Waals surface area contributed by atoms with Gasteiger partial charge in [0.25, 0.3) is 0 Å². The van der Waals surface area contributed by atoms with Crippen LogP contribution >= 0.6 is 0 Å². The van der Waals surface area contributed by atoms with Crippen molar-refractivity contribution in [2.24, 2.45) is 5.92 Å². The van der Waals surface area contributed by atoms with Crippen molar-refractivity contribution in [3.63, 3.8) is 0 Å². The molecule has 0 saturated carbocycles. The molecule has 1 aliphatic heterocycles. The first-order chi connectivity index (χ1) is 16.6. The van der Waals surface area contributed by atoms with Gasteiger partial charge in [0.2, 0.25) is 11.9 Å². The first-order valence-corrected chi connectivity index (χ1v) is 11.2. The number of rotatable bonds is 6. The van der Waals surface area contributed by atoms with Crippen molar-refractivity contribution in [3.05, 3.63) is 90.0 Å². The molecule has 0 N–H and O–H groups in total. The zero-order valence-electron chi connectivity index (χ0n) is 19.0. The molecule has 0 saturated heterocycles.